The van der Waals surface area contributed by atoms with Gasteiger partial charge in [0.2, 0.25) is 5.89 Å². The van der Waals surface area contributed by atoms with Crippen LogP contribution in [0.25, 0.3) is 0 Å². The smallest absolute Gasteiger partial charge is 0.240 e. The Balaban J connectivity index is 1.35. The Kier molecular flexibility index (Phi) is 3.90. The van der Waals surface area contributed by atoms with Crippen LogP contribution >= 0.6 is 0 Å². The summed E-state index contributed by atoms with van der Waals surface area (Å²) in [4.78, 5) is 6.84. The van der Waals surface area contributed by atoms with Crippen LogP contribution in [0.3, 0.4) is 0 Å². The number of morpholine rings is 1. The van der Waals surface area contributed by atoms with Gasteiger partial charge in [0.1, 0.15) is 0 Å². The van der Waals surface area contributed by atoms with Gasteiger partial charge in [0.15, 0.2) is 5.82 Å². The van der Waals surface area contributed by atoms with Crippen LogP contribution in [0.1, 0.15) is 41.9 Å². The Bertz CT molecular complexity index is 676. The second-order valence-electron chi connectivity index (χ2n) is 6.66. The van der Waals surface area contributed by atoms with E-state index in [1.807, 2.05) is 11.6 Å². The first-order valence-corrected chi connectivity index (χ1v) is 8.35. The number of rotatable bonds is 5. The van der Waals surface area contributed by atoms with Crippen LogP contribution in [0.5, 0.6) is 0 Å². The van der Waals surface area contributed by atoms with E-state index in [1.54, 1.807) is 0 Å². The molecule has 1 aliphatic heterocycles. The van der Waals surface area contributed by atoms with Gasteiger partial charge < -0.3 is 9.26 Å². The van der Waals surface area contributed by atoms with E-state index in [-0.39, 0.29) is 6.10 Å². The minimum absolute atomic E-state index is 0.146. The molecule has 0 radical (unpaired) electrons. The molecule has 3 heterocycles. The zero-order valence-electron chi connectivity index (χ0n) is 13.7. The summed E-state index contributed by atoms with van der Waals surface area (Å²) in [5, 5.41) is 8.61. The van der Waals surface area contributed by atoms with Crippen molar-refractivity contribution < 1.29 is 9.26 Å². The van der Waals surface area contributed by atoms with Crippen LogP contribution in [0.15, 0.2) is 10.6 Å². The number of hydrogen-bond donors (Lipinski definition) is 0. The van der Waals surface area contributed by atoms with Crippen LogP contribution in [-0.2, 0) is 17.8 Å². The third kappa shape index (κ3) is 3.45. The minimum atomic E-state index is 0.146. The lowest BCUT2D eigenvalue weighted by Gasteiger charge is -2.32. The number of nitrogens with zero attached hydrogens (tertiary/aromatic N) is 5. The molecule has 0 bridgehead atoms. The van der Waals surface area contributed by atoms with Crippen LogP contribution < -0.4 is 0 Å². The van der Waals surface area contributed by atoms with E-state index < -0.39 is 0 Å². The van der Waals surface area contributed by atoms with Crippen molar-refractivity contribution in [1.82, 2.24) is 24.8 Å². The van der Waals surface area contributed by atoms with Crippen molar-refractivity contribution in [2.75, 3.05) is 19.7 Å². The van der Waals surface area contributed by atoms with Crippen molar-refractivity contribution in [1.29, 1.82) is 0 Å². The van der Waals surface area contributed by atoms with Crippen molar-refractivity contribution >= 4 is 0 Å². The highest BCUT2D eigenvalue weighted by Crippen LogP contribution is 2.38. The van der Waals surface area contributed by atoms with E-state index in [4.69, 9.17) is 9.26 Å². The largest absolute Gasteiger partial charge is 0.374 e. The number of aromatic nitrogens is 4. The molecule has 1 unspecified atom stereocenters. The third-order valence-corrected chi connectivity index (χ3v) is 4.49. The minimum Gasteiger partial charge on any atom is -0.374 e. The lowest BCUT2D eigenvalue weighted by molar-refractivity contribution is -0.0429. The average Bonchev–Trinajstić information content (AvgIpc) is 3.19. The Morgan fingerprint density at radius 2 is 2.17 bits per heavy atom. The highest BCUT2D eigenvalue weighted by Gasteiger charge is 2.29. The molecule has 2 aromatic heterocycles. The zero-order chi connectivity index (χ0) is 15.8. The Morgan fingerprint density at radius 1 is 1.30 bits per heavy atom. The van der Waals surface area contributed by atoms with Gasteiger partial charge in [-0.1, -0.05) is 5.16 Å². The molecule has 23 heavy (non-hydrogen) atoms. The van der Waals surface area contributed by atoms with Gasteiger partial charge in [-0.15, -0.1) is 0 Å². The quantitative estimate of drug-likeness (QED) is 0.835. The van der Waals surface area contributed by atoms with Gasteiger partial charge in [0.05, 0.1) is 31.5 Å². The maximum Gasteiger partial charge on any atom is 0.240 e. The van der Waals surface area contributed by atoms with Gasteiger partial charge in [-0.2, -0.15) is 10.1 Å². The van der Waals surface area contributed by atoms with Crippen molar-refractivity contribution in [3.8, 4) is 0 Å². The second kappa shape index (κ2) is 6.05. The predicted molar refractivity (Wildman–Crippen MR) is 83.0 cm³/mol. The van der Waals surface area contributed by atoms with E-state index in [9.17, 15) is 0 Å². The first kappa shape index (κ1) is 14.8. The summed E-state index contributed by atoms with van der Waals surface area (Å²) >= 11 is 0. The normalized spacial score (nSPS) is 22.6. The maximum atomic E-state index is 5.90. The molecule has 124 valence electrons. The van der Waals surface area contributed by atoms with Gasteiger partial charge in [0, 0.05) is 24.7 Å². The monoisotopic (exact) mass is 317 g/mol. The molecule has 1 saturated heterocycles. The predicted octanol–water partition coefficient (Wildman–Crippen LogP) is 1.66. The van der Waals surface area contributed by atoms with Gasteiger partial charge in [0.25, 0.3) is 0 Å². The molecule has 0 N–H and O–H groups in total. The van der Waals surface area contributed by atoms with E-state index in [2.05, 4.69) is 33.1 Å². The molecular formula is C16H23N5O2. The lowest BCUT2D eigenvalue weighted by atomic mass is 10.2. The highest BCUT2D eigenvalue weighted by molar-refractivity contribution is 5.07. The summed E-state index contributed by atoms with van der Waals surface area (Å²) < 4.78 is 13.3. The van der Waals surface area contributed by atoms with E-state index in [0.717, 1.165) is 43.7 Å². The molecule has 1 saturated carbocycles. The van der Waals surface area contributed by atoms with Crippen LogP contribution in [0.2, 0.25) is 0 Å². The van der Waals surface area contributed by atoms with Crippen LogP contribution in [-0.4, -0.2) is 50.6 Å². The fraction of sp³-hybridized carbons (Fsp3) is 0.688. The first-order valence-electron chi connectivity index (χ1n) is 8.35. The molecule has 2 aliphatic rings. The summed E-state index contributed by atoms with van der Waals surface area (Å²) in [7, 11) is 0. The summed E-state index contributed by atoms with van der Waals surface area (Å²) in [6, 6.07) is 2.10. The number of ether oxygens (including phenoxy) is 1. The summed E-state index contributed by atoms with van der Waals surface area (Å²) in [6.45, 7) is 8.08. The topological polar surface area (TPSA) is 69.2 Å². The number of aryl methyl sites for hydroxylation is 2. The van der Waals surface area contributed by atoms with Crippen molar-refractivity contribution in [3.63, 3.8) is 0 Å². The van der Waals surface area contributed by atoms with Crippen LogP contribution in [0.4, 0.5) is 0 Å². The Labute approximate surface area is 135 Å². The molecule has 1 aliphatic carbocycles. The molecule has 2 fully saturated rings. The molecule has 7 nitrogen and oxygen atoms in total. The lowest BCUT2D eigenvalue weighted by Crippen LogP contribution is -2.44. The van der Waals surface area contributed by atoms with Crippen molar-refractivity contribution in [2.24, 2.45) is 0 Å². The fourth-order valence-corrected chi connectivity index (χ4v) is 3.12. The molecule has 4 rings (SSSR count). The van der Waals surface area contributed by atoms with E-state index in [1.165, 1.54) is 18.5 Å². The zero-order valence-corrected chi connectivity index (χ0v) is 13.7. The Morgan fingerprint density at radius 3 is 2.91 bits per heavy atom. The SMILES string of the molecule is Cc1cc(C)n(CC2CN(Cc3nc(C4CC4)no3)CCO2)n1. The summed E-state index contributed by atoms with van der Waals surface area (Å²) in [5.74, 6) is 2.14. The van der Waals surface area contributed by atoms with Crippen LogP contribution in [0, 0.1) is 13.8 Å². The standard InChI is InChI=1S/C16H23N5O2/c1-11-7-12(2)21(18-11)9-14-8-20(5-6-22-14)10-15-17-16(19-23-15)13-3-4-13/h7,13-14H,3-6,8-10H2,1-2H3. The maximum absolute atomic E-state index is 5.90. The molecule has 0 aromatic carbocycles. The molecule has 2 aromatic rings. The van der Waals surface area contributed by atoms with Crippen molar-refractivity contribution in [3.05, 3.63) is 29.2 Å². The van der Waals surface area contributed by atoms with Gasteiger partial charge >= 0.3 is 0 Å². The Hall–Kier alpha value is -1.73. The van der Waals surface area contributed by atoms with Gasteiger partial charge in [-0.3, -0.25) is 9.58 Å². The molecule has 1 atom stereocenters. The second-order valence-corrected chi connectivity index (χ2v) is 6.66. The molecule has 0 amide bonds. The molecule has 0 spiro atoms. The van der Waals surface area contributed by atoms with E-state index in [0.29, 0.717) is 12.5 Å². The first-order chi connectivity index (χ1) is 11.2. The van der Waals surface area contributed by atoms with Crippen molar-refractivity contribution in [2.45, 2.75) is 51.8 Å². The molecular weight excluding hydrogens is 294 g/mol. The molecule has 7 heteroatoms. The number of hydrogen-bond acceptors (Lipinski definition) is 6. The summed E-state index contributed by atoms with van der Waals surface area (Å²) in [5.41, 5.74) is 2.22. The fourth-order valence-electron chi connectivity index (χ4n) is 3.12. The third-order valence-electron chi connectivity index (χ3n) is 4.49. The van der Waals surface area contributed by atoms with Gasteiger partial charge in [-0.25, -0.2) is 0 Å². The van der Waals surface area contributed by atoms with Gasteiger partial charge in [-0.05, 0) is 32.8 Å². The highest BCUT2D eigenvalue weighted by atomic mass is 16.5. The summed E-state index contributed by atoms with van der Waals surface area (Å²) in [6.07, 6.45) is 2.54. The van der Waals surface area contributed by atoms with E-state index >= 15 is 0 Å². The average molecular weight is 317 g/mol.